The van der Waals surface area contributed by atoms with Crippen molar-refractivity contribution >= 4 is 35.0 Å². The van der Waals surface area contributed by atoms with Gasteiger partial charge in [0.25, 0.3) is 0 Å². The first-order valence-corrected chi connectivity index (χ1v) is 10.4. The Morgan fingerprint density at radius 1 is 0.517 bits per heavy atom. The largest absolute Gasteiger partial charge is 0.207 e. The van der Waals surface area contributed by atoms with Crippen LogP contribution >= 0.6 is 35.0 Å². The third-order valence-corrected chi connectivity index (χ3v) is 6.04. The Bertz CT molecular complexity index is 1060. The maximum Gasteiger partial charge on any atom is 0.123 e. The van der Waals surface area contributed by atoms with Crippen LogP contribution in [-0.4, -0.2) is 0 Å². The lowest BCUT2D eigenvalue weighted by atomic mass is 10.1. The van der Waals surface area contributed by atoms with E-state index in [-0.39, 0.29) is 11.6 Å². The summed E-state index contributed by atoms with van der Waals surface area (Å²) in [5.41, 5.74) is 3.55. The normalized spacial score (nSPS) is 10.9. The molecule has 29 heavy (non-hydrogen) atoms. The Hall–Kier alpha value is -2.33. The Kier molecular flexibility index (Phi) is 5.91. The van der Waals surface area contributed by atoms with Crippen LogP contribution in [0.3, 0.4) is 0 Å². The monoisotopic (exact) mass is 442 g/mol. The van der Waals surface area contributed by atoms with Crippen molar-refractivity contribution in [3.63, 3.8) is 0 Å². The molecular formula is C24H14Cl2F2S. The van der Waals surface area contributed by atoms with Crippen LogP contribution in [0.2, 0.25) is 10.0 Å². The molecule has 0 bridgehead atoms. The molecule has 0 spiro atoms. The lowest BCUT2D eigenvalue weighted by molar-refractivity contribution is 0.627. The van der Waals surface area contributed by atoms with Gasteiger partial charge in [-0.15, -0.1) is 0 Å². The first-order valence-electron chi connectivity index (χ1n) is 8.78. The fourth-order valence-electron chi connectivity index (χ4n) is 3.01. The van der Waals surface area contributed by atoms with Crippen molar-refractivity contribution in [3.8, 4) is 22.3 Å². The molecule has 0 unspecified atom stereocenters. The van der Waals surface area contributed by atoms with E-state index in [2.05, 4.69) is 0 Å². The SMILES string of the molecule is Fc1ccc(-c2cc(Cl)ccc2Sc2ccc(Cl)cc2-c2ccc(F)cc2)cc1. The summed E-state index contributed by atoms with van der Waals surface area (Å²) in [5.74, 6) is -0.581. The van der Waals surface area contributed by atoms with E-state index >= 15 is 0 Å². The second-order valence-electron chi connectivity index (χ2n) is 6.40. The summed E-state index contributed by atoms with van der Waals surface area (Å²) in [5, 5.41) is 1.20. The van der Waals surface area contributed by atoms with Gasteiger partial charge in [0, 0.05) is 19.8 Å². The number of hydrogen-bond donors (Lipinski definition) is 0. The molecule has 144 valence electrons. The number of benzene rings is 4. The Morgan fingerprint density at radius 2 is 0.897 bits per heavy atom. The van der Waals surface area contributed by atoms with E-state index in [1.807, 2.05) is 36.4 Å². The van der Waals surface area contributed by atoms with Crippen molar-refractivity contribution in [2.75, 3.05) is 0 Å². The summed E-state index contributed by atoms with van der Waals surface area (Å²) in [6, 6.07) is 23.9. The fraction of sp³-hybridized carbons (Fsp3) is 0. The molecule has 0 nitrogen and oxygen atoms in total. The first kappa shape index (κ1) is 20.0. The van der Waals surface area contributed by atoms with Crippen LogP contribution in [0.25, 0.3) is 22.3 Å². The zero-order chi connectivity index (χ0) is 20.4. The van der Waals surface area contributed by atoms with Gasteiger partial charge in [-0.1, -0.05) is 59.2 Å². The number of halogens is 4. The van der Waals surface area contributed by atoms with Crippen LogP contribution in [0, 0.1) is 11.6 Å². The highest BCUT2D eigenvalue weighted by Crippen LogP contribution is 2.42. The van der Waals surface area contributed by atoms with Gasteiger partial charge in [-0.25, -0.2) is 8.78 Å². The number of hydrogen-bond acceptors (Lipinski definition) is 1. The summed E-state index contributed by atoms with van der Waals surface area (Å²) in [4.78, 5) is 1.93. The van der Waals surface area contributed by atoms with Crippen molar-refractivity contribution in [2.45, 2.75) is 9.79 Å². The Morgan fingerprint density at radius 3 is 1.28 bits per heavy atom. The van der Waals surface area contributed by atoms with Crippen molar-refractivity contribution in [3.05, 3.63) is 107 Å². The summed E-state index contributed by atoms with van der Waals surface area (Å²) in [6.45, 7) is 0. The zero-order valence-electron chi connectivity index (χ0n) is 15.0. The maximum absolute atomic E-state index is 13.4. The third kappa shape index (κ3) is 4.64. The molecule has 5 heteroatoms. The molecule has 0 heterocycles. The molecular weight excluding hydrogens is 429 g/mol. The second kappa shape index (κ2) is 8.58. The van der Waals surface area contributed by atoms with Gasteiger partial charge in [0.1, 0.15) is 11.6 Å². The smallest absolute Gasteiger partial charge is 0.123 e. The van der Waals surface area contributed by atoms with Crippen LogP contribution in [0.5, 0.6) is 0 Å². The van der Waals surface area contributed by atoms with Gasteiger partial charge in [0.15, 0.2) is 0 Å². The lowest BCUT2D eigenvalue weighted by Crippen LogP contribution is -1.87. The Balaban J connectivity index is 1.79. The molecule has 0 N–H and O–H groups in total. The van der Waals surface area contributed by atoms with Crippen LogP contribution in [0.15, 0.2) is 94.7 Å². The van der Waals surface area contributed by atoms with E-state index < -0.39 is 0 Å². The summed E-state index contributed by atoms with van der Waals surface area (Å²) in [7, 11) is 0. The molecule has 0 radical (unpaired) electrons. The van der Waals surface area contributed by atoms with Crippen LogP contribution in [0.1, 0.15) is 0 Å². The summed E-state index contributed by atoms with van der Waals surface area (Å²) < 4.78 is 26.7. The van der Waals surface area contributed by atoms with Gasteiger partial charge < -0.3 is 0 Å². The molecule has 4 aromatic rings. The molecule has 0 saturated carbocycles. The van der Waals surface area contributed by atoms with E-state index in [9.17, 15) is 8.78 Å². The Labute approximate surface area is 182 Å². The van der Waals surface area contributed by atoms with E-state index in [0.717, 1.165) is 32.0 Å². The van der Waals surface area contributed by atoms with Gasteiger partial charge in [-0.05, 0) is 82.9 Å². The van der Waals surface area contributed by atoms with Crippen LogP contribution in [0.4, 0.5) is 8.78 Å². The third-order valence-electron chi connectivity index (χ3n) is 4.41. The van der Waals surface area contributed by atoms with Gasteiger partial charge in [-0.3, -0.25) is 0 Å². The average molecular weight is 443 g/mol. The second-order valence-corrected chi connectivity index (χ2v) is 8.35. The molecule has 4 aromatic carbocycles. The van der Waals surface area contributed by atoms with Gasteiger partial charge in [0.2, 0.25) is 0 Å². The van der Waals surface area contributed by atoms with Crippen LogP contribution < -0.4 is 0 Å². The molecule has 0 atom stereocenters. The molecule has 0 aliphatic carbocycles. The van der Waals surface area contributed by atoms with Crippen molar-refractivity contribution in [1.82, 2.24) is 0 Å². The molecule has 0 amide bonds. The lowest BCUT2D eigenvalue weighted by Gasteiger charge is -2.14. The molecule has 0 aromatic heterocycles. The molecule has 0 fully saturated rings. The summed E-state index contributed by atoms with van der Waals surface area (Å²) >= 11 is 14.0. The highest BCUT2D eigenvalue weighted by Gasteiger charge is 2.13. The van der Waals surface area contributed by atoms with E-state index in [1.165, 1.54) is 24.3 Å². The molecule has 0 saturated heterocycles. The highest BCUT2D eigenvalue weighted by molar-refractivity contribution is 7.99. The fourth-order valence-corrected chi connectivity index (χ4v) is 4.44. The minimum absolute atomic E-state index is 0.290. The van der Waals surface area contributed by atoms with Crippen molar-refractivity contribution in [2.24, 2.45) is 0 Å². The first-order chi connectivity index (χ1) is 14.0. The standard InChI is InChI=1S/C24H14Cl2F2S/c25-17-5-11-23(21(13-17)15-1-7-19(27)8-2-15)29-24-12-6-18(26)14-22(24)16-3-9-20(28)10-4-16/h1-14H. The predicted octanol–water partition coefficient (Wildman–Crippen LogP) is 8.76. The van der Waals surface area contributed by atoms with Gasteiger partial charge in [-0.2, -0.15) is 0 Å². The zero-order valence-corrected chi connectivity index (χ0v) is 17.3. The highest BCUT2D eigenvalue weighted by atomic mass is 35.5. The summed E-state index contributed by atoms with van der Waals surface area (Å²) in [6.07, 6.45) is 0. The maximum atomic E-state index is 13.4. The molecule has 0 aliphatic heterocycles. The van der Waals surface area contributed by atoms with Crippen molar-refractivity contribution in [1.29, 1.82) is 0 Å². The number of rotatable bonds is 4. The molecule has 0 aliphatic rings. The average Bonchev–Trinajstić information content (AvgIpc) is 2.72. The van der Waals surface area contributed by atoms with Gasteiger partial charge >= 0.3 is 0 Å². The quantitative estimate of drug-likeness (QED) is 0.304. The molecule has 4 rings (SSSR count). The van der Waals surface area contributed by atoms with Crippen LogP contribution in [-0.2, 0) is 0 Å². The topological polar surface area (TPSA) is 0 Å². The van der Waals surface area contributed by atoms with E-state index in [1.54, 1.807) is 36.0 Å². The van der Waals surface area contributed by atoms with Crippen molar-refractivity contribution < 1.29 is 8.78 Å². The predicted molar refractivity (Wildman–Crippen MR) is 118 cm³/mol. The van der Waals surface area contributed by atoms with E-state index in [0.29, 0.717) is 10.0 Å². The minimum Gasteiger partial charge on any atom is -0.207 e. The minimum atomic E-state index is -0.290. The van der Waals surface area contributed by atoms with E-state index in [4.69, 9.17) is 23.2 Å². The van der Waals surface area contributed by atoms with Gasteiger partial charge in [0.05, 0.1) is 0 Å².